The maximum Gasteiger partial charge on any atom is 0.174 e. The Hall–Kier alpha value is -2.00. The number of ether oxygens (including phenoxy) is 1. The number of aryl methyl sites for hydroxylation is 1. The topological polar surface area (TPSA) is 56.8 Å². The highest BCUT2D eigenvalue weighted by atomic mass is 16.5. The van der Waals surface area contributed by atoms with Gasteiger partial charge in [-0.2, -0.15) is 10.5 Å². The zero-order chi connectivity index (χ0) is 10.4. The van der Waals surface area contributed by atoms with Crippen LogP contribution in [0, 0.1) is 22.7 Å². The van der Waals surface area contributed by atoms with Gasteiger partial charge in [-0.1, -0.05) is 13.0 Å². The molecule has 0 saturated heterocycles. The predicted molar refractivity (Wildman–Crippen MR) is 51.6 cm³/mol. The van der Waals surface area contributed by atoms with Crippen molar-refractivity contribution in [2.24, 2.45) is 0 Å². The molecule has 0 unspecified atom stereocenters. The van der Waals surface area contributed by atoms with Crippen LogP contribution in [0.3, 0.4) is 0 Å². The van der Waals surface area contributed by atoms with Crippen LogP contribution in [-0.4, -0.2) is 6.61 Å². The fourth-order valence-electron chi connectivity index (χ4n) is 1.11. The fraction of sp³-hybridized carbons (Fsp3) is 0.273. The summed E-state index contributed by atoms with van der Waals surface area (Å²) < 4.78 is 5.14. The first kappa shape index (κ1) is 10.1. The summed E-state index contributed by atoms with van der Waals surface area (Å²) in [4.78, 5) is 0. The van der Waals surface area contributed by atoms with E-state index in [1.165, 1.54) is 0 Å². The molecule has 1 rings (SSSR count). The summed E-state index contributed by atoms with van der Waals surface area (Å²) in [6.07, 6.45) is 0.884. The summed E-state index contributed by atoms with van der Waals surface area (Å²) >= 11 is 0. The molecular weight excluding hydrogens is 176 g/mol. The minimum atomic E-state index is -0.0259. The van der Waals surface area contributed by atoms with Crippen molar-refractivity contribution in [2.45, 2.75) is 13.3 Å². The van der Waals surface area contributed by atoms with Gasteiger partial charge < -0.3 is 4.74 Å². The molecule has 0 aliphatic carbocycles. The molecule has 1 aromatic rings. The van der Waals surface area contributed by atoms with Crippen LogP contribution in [0.1, 0.15) is 18.1 Å². The van der Waals surface area contributed by atoms with E-state index >= 15 is 0 Å². The van der Waals surface area contributed by atoms with Crippen molar-refractivity contribution in [3.63, 3.8) is 0 Å². The second kappa shape index (κ2) is 4.89. The van der Waals surface area contributed by atoms with Gasteiger partial charge in [-0.25, -0.2) is 0 Å². The minimum absolute atomic E-state index is 0.0259. The number of benzene rings is 1. The van der Waals surface area contributed by atoms with E-state index in [-0.39, 0.29) is 6.61 Å². The van der Waals surface area contributed by atoms with Crippen molar-refractivity contribution >= 4 is 0 Å². The number of hydrogen-bond acceptors (Lipinski definition) is 3. The van der Waals surface area contributed by atoms with Gasteiger partial charge in [0.15, 0.2) is 6.61 Å². The van der Waals surface area contributed by atoms with Crippen LogP contribution >= 0.6 is 0 Å². The summed E-state index contributed by atoms with van der Waals surface area (Å²) in [5.41, 5.74) is 1.56. The summed E-state index contributed by atoms with van der Waals surface area (Å²) in [5.74, 6) is 0.494. The standard InChI is InChI=1S/C11H10N2O/c1-2-9-3-4-10(8-13)11(7-9)14-6-5-12/h3-4,7H,2,6H2,1H3. The molecule has 70 valence electrons. The second-order valence-corrected chi connectivity index (χ2v) is 2.74. The third-order valence-corrected chi connectivity index (χ3v) is 1.87. The Morgan fingerprint density at radius 2 is 2.14 bits per heavy atom. The van der Waals surface area contributed by atoms with Gasteiger partial charge in [-0.3, -0.25) is 0 Å². The Bertz CT molecular complexity index is 399. The highest BCUT2D eigenvalue weighted by Crippen LogP contribution is 2.19. The van der Waals surface area contributed by atoms with Crippen molar-refractivity contribution in [1.82, 2.24) is 0 Å². The Labute approximate surface area is 83.2 Å². The van der Waals surface area contributed by atoms with E-state index in [4.69, 9.17) is 15.3 Å². The van der Waals surface area contributed by atoms with Crippen molar-refractivity contribution in [2.75, 3.05) is 6.61 Å². The molecule has 0 aliphatic heterocycles. The molecule has 0 amide bonds. The van der Waals surface area contributed by atoms with Gasteiger partial charge in [0.2, 0.25) is 0 Å². The summed E-state index contributed by atoms with van der Waals surface area (Å²) in [6.45, 7) is 2.00. The first-order chi connectivity index (χ1) is 6.81. The Balaban J connectivity index is 2.99. The lowest BCUT2D eigenvalue weighted by molar-refractivity contribution is 0.366. The van der Waals surface area contributed by atoms with Gasteiger partial charge >= 0.3 is 0 Å². The molecule has 0 spiro atoms. The Morgan fingerprint density at radius 1 is 1.36 bits per heavy atom. The van der Waals surface area contributed by atoms with Gasteiger partial charge in [0.25, 0.3) is 0 Å². The molecule has 0 heterocycles. The molecule has 3 heteroatoms. The zero-order valence-electron chi connectivity index (χ0n) is 7.95. The molecule has 0 N–H and O–H groups in total. The van der Waals surface area contributed by atoms with Gasteiger partial charge in [-0.15, -0.1) is 0 Å². The molecule has 0 aromatic heterocycles. The average Bonchev–Trinajstić information content (AvgIpc) is 2.25. The second-order valence-electron chi connectivity index (χ2n) is 2.74. The Kier molecular flexibility index (Phi) is 3.52. The smallest absolute Gasteiger partial charge is 0.174 e. The predicted octanol–water partition coefficient (Wildman–Crippen LogP) is 2.02. The zero-order valence-corrected chi connectivity index (χ0v) is 7.95. The van der Waals surface area contributed by atoms with Crippen molar-refractivity contribution < 1.29 is 4.74 Å². The van der Waals surface area contributed by atoms with Gasteiger partial charge in [0, 0.05) is 0 Å². The van der Waals surface area contributed by atoms with E-state index in [1.807, 2.05) is 25.1 Å². The lowest BCUT2D eigenvalue weighted by Gasteiger charge is -2.05. The molecule has 0 bridgehead atoms. The number of hydrogen-bond donors (Lipinski definition) is 0. The van der Waals surface area contributed by atoms with Crippen LogP contribution < -0.4 is 4.74 Å². The van der Waals surface area contributed by atoms with Gasteiger partial charge in [0.1, 0.15) is 17.9 Å². The monoisotopic (exact) mass is 186 g/mol. The van der Waals surface area contributed by atoms with Crippen LogP contribution in [0.25, 0.3) is 0 Å². The quantitative estimate of drug-likeness (QED) is 0.725. The van der Waals surface area contributed by atoms with Crippen molar-refractivity contribution in [1.29, 1.82) is 10.5 Å². The number of rotatable bonds is 3. The molecule has 3 nitrogen and oxygen atoms in total. The van der Waals surface area contributed by atoms with Crippen LogP contribution in [0.15, 0.2) is 18.2 Å². The lowest BCUT2D eigenvalue weighted by Crippen LogP contribution is -1.97. The third-order valence-electron chi connectivity index (χ3n) is 1.87. The fourth-order valence-corrected chi connectivity index (χ4v) is 1.11. The van der Waals surface area contributed by atoms with E-state index in [2.05, 4.69) is 0 Å². The molecule has 0 atom stereocenters. The normalized spacial score (nSPS) is 8.79. The molecule has 0 fully saturated rings. The molecular formula is C11H10N2O. The highest BCUT2D eigenvalue weighted by molar-refractivity contribution is 5.45. The van der Waals surface area contributed by atoms with E-state index < -0.39 is 0 Å². The molecule has 0 aliphatic rings. The maximum absolute atomic E-state index is 8.77. The van der Waals surface area contributed by atoms with Gasteiger partial charge in [0.05, 0.1) is 5.56 Å². The maximum atomic E-state index is 8.77. The molecule has 0 saturated carbocycles. The van der Waals surface area contributed by atoms with E-state index in [0.29, 0.717) is 11.3 Å². The van der Waals surface area contributed by atoms with Crippen molar-refractivity contribution in [3.05, 3.63) is 29.3 Å². The van der Waals surface area contributed by atoms with E-state index in [0.717, 1.165) is 12.0 Å². The van der Waals surface area contributed by atoms with Crippen LogP contribution in [0.2, 0.25) is 0 Å². The van der Waals surface area contributed by atoms with E-state index in [1.54, 1.807) is 12.1 Å². The summed E-state index contributed by atoms with van der Waals surface area (Å²) in [6, 6.07) is 9.30. The third kappa shape index (κ3) is 2.24. The molecule has 1 aromatic carbocycles. The number of nitrogens with zero attached hydrogens (tertiary/aromatic N) is 2. The highest BCUT2D eigenvalue weighted by Gasteiger charge is 2.03. The molecule has 14 heavy (non-hydrogen) atoms. The largest absolute Gasteiger partial charge is 0.477 e. The summed E-state index contributed by atoms with van der Waals surface area (Å²) in [5, 5.41) is 17.1. The van der Waals surface area contributed by atoms with Crippen molar-refractivity contribution in [3.8, 4) is 17.9 Å². The first-order valence-electron chi connectivity index (χ1n) is 4.34. The SMILES string of the molecule is CCc1ccc(C#N)c(OCC#N)c1. The lowest BCUT2D eigenvalue weighted by atomic mass is 10.1. The van der Waals surface area contributed by atoms with Crippen LogP contribution in [0.4, 0.5) is 0 Å². The average molecular weight is 186 g/mol. The summed E-state index contributed by atoms with van der Waals surface area (Å²) in [7, 11) is 0. The first-order valence-corrected chi connectivity index (χ1v) is 4.34. The van der Waals surface area contributed by atoms with Gasteiger partial charge in [-0.05, 0) is 24.1 Å². The van der Waals surface area contributed by atoms with Crippen LogP contribution in [0.5, 0.6) is 5.75 Å². The minimum Gasteiger partial charge on any atom is -0.477 e. The van der Waals surface area contributed by atoms with Crippen LogP contribution in [-0.2, 0) is 6.42 Å². The molecule has 0 radical (unpaired) electrons. The Morgan fingerprint density at radius 3 is 2.71 bits per heavy atom. The number of nitriles is 2. The van der Waals surface area contributed by atoms with E-state index in [9.17, 15) is 0 Å².